The summed E-state index contributed by atoms with van der Waals surface area (Å²) in [4.78, 5) is 26.9. The van der Waals surface area contributed by atoms with Crippen molar-refractivity contribution in [3.63, 3.8) is 0 Å². The zero-order valence-electron chi connectivity index (χ0n) is 14.8. The molecule has 1 fully saturated rings. The van der Waals surface area contributed by atoms with E-state index in [1.54, 1.807) is 23.2 Å². The van der Waals surface area contributed by atoms with E-state index in [4.69, 9.17) is 16.3 Å². The summed E-state index contributed by atoms with van der Waals surface area (Å²) in [5, 5.41) is 10.0. The Morgan fingerprint density at radius 1 is 1.15 bits per heavy atom. The van der Waals surface area contributed by atoms with Crippen molar-refractivity contribution in [1.29, 1.82) is 0 Å². The van der Waals surface area contributed by atoms with Crippen LogP contribution in [0.5, 0.6) is 5.75 Å². The van der Waals surface area contributed by atoms with Gasteiger partial charge in [0, 0.05) is 0 Å². The van der Waals surface area contributed by atoms with Crippen LogP contribution in [0.4, 0.5) is 5.69 Å². The maximum absolute atomic E-state index is 13.0. The largest absolute Gasteiger partial charge is 0.495 e. The lowest BCUT2D eigenvalue weighted by Crippen LogP contribution is -2.39. The van der Waals surface area contributed by atoms with E-state index in [9.17, 15) is 9.59 Å². The first-order valence-electron chi connectivity index (χ1n) is 8.44. The molecular formula is C19H17ClN4O3. The molecule has 1 saturated heterocycles. The Balaban J connectivity index is 1.61. The summed E-state index contributed by atoms with van der Waals surface area (Å²) in [6.07, 6.45) is 0. The van der Waals surface area contributed by atoms with Crippen LogP contribution in [0.25, 0.3) is 0 Å². The van der Waals surface area contributed by atoms with Gasteiger partial charge in [-0.3, -0.25) is 14.6 Å². The number of halogens is 1. The maximum atomic E-state index is 13.0. The standard InChI is InChI=1S/C19H17ClN4O3/c1-11-4-3-5-12(8-11)10-23-17-16(21-22-23)18(25)24(19(17)26)13-6-7-15(27-2)14(20)9-13/h3-9,16-17H,10H2,1-2H3/t16-,17-/m1/s1. The van der Waals surface area contributed by atoms with Crippen molar-refractivity contribution in [2.24, 2.45) is 10.3 Å². The van der Waals surface area contributed by atoms with Gasteiger partial charge in [0.2, 0.25) is 0 Å². The number of aryl methyl sites for hydroxylation is 1. The van der Waals surface area contributed by atoms with Crippen LogP contribution in [0.2, 0.25) is 5.02 Å². The van der Waals surface area contributed by atoms with Gasteiger partial charge in [-0.15, -0.1) is 0 Å². The van der Waals surface area contributed by atoms with Gasteiger partial charge in [-0.1, -0.05) is 46.7 Å². The zero-order valence-corrected chi connectivity index (χ0v) is 15.6. The first-order chi connectivity index (χ1) is 13.0. The average molecular weight is 385 g/mol. The number of carbonyl (C=O) groups excluding carboxylic acids is 2. The van der Waals surface area contributed by atoms with Crippen molar-refractivity contribution in [2.45, 2.75) is 25.6 Å². The van der Waals surface area contributed by atoms with E-state index in [1.165, 1.54) is 7.11 Å². The van der Waals surface area contributed by atoms with Gasteiger partial charge < -0.3 is 4.74 Å². The van der Waals surface area contributed by atoms with E-state index in [1.807, 2.05) is 31.2 Å². The minimum absolute atomic E-state index is 0.325. The number of rotatable bonds is 4. The summed E-state index contributed by atoms with van der Waals surface area (Å²) in [5.74, 6) is -0.286. The highest BCUT2D eigenvalue weighted by atomic mass is 35.5. The number of benzene rings is 2. The number of fused-ring (bicyclic) bond motifs is 1. The number of carbonyl (C=O) groups is 2. The number of nitrogens with zero attached hydrogens (tertiary/aromatic N) is 4. The van der Waals surface area contributed by atoms with Gasteiger partial charge in [-0.05, 0) is 30.7 Å². The van der Waals surface area contributed by atoms with Crippen LogP contribution < -0.4 is 9.64 Å². The van der Waals surface area contributed by atoms with Crippen molar-refractivity contribution in [3.05, 3.63) is 58.6 Å². The molecule has 0 aromatic heterocycles. The monoisotopic (exact) mass is 384 g/mol. The van der Waals surface area contributed by atoms with Crippen LogP contribution in [-0.4, -0.2) is 36.0 Å². The zero-order chi connectivity index (χ0) is 19.1. The molecule has 0 aliphatic carbocycles. The van der Waals surface area contributed by atoms with Crippen LogP contribution in [-0.2, 0) is 16.1 Å². The summed E-state index contributed by atoms with van der Waals surface area (Å²) in [6, 6.07) is 11.1. The second kappa shape index (κ2) is 6.66. The lowest BCUT2D eigenvalue weighted by molar-refractivity contribution is -0.123. The van der Waals surface area contributed by atoms with Gasteiger partial charge in [-0.25, -0.2) is 4.90 Å². The molecule has 0 N–H and O–H groups in total. The number of imide groups is 1. The molecule has 2 amide bonds. The number of methoxy groups -OCH3 is 1. The molecule has 2 aliphatic rings. The van der Waals surface area contributed by atoms with E-state index in [0.29, 0.717) is 23.0 Å². The quantitative estimate of drug-likeness (QED) is 0.759. The molecule has 2 aromatic carbocycles. The lowest BCUT2D eigenvalue weighted by Gasteiger charge is -2.21. The van der Waals surface area contributed by atoms with Crippen LogP contribution in [0.3, 0.4) is 0 Å². The molecular weight excluding hydrogens is 368 g/mol. The van der Waals surface area contributed by atoms with Crippen molar-refractivity contribution in [1.82, 2.24) is 5.01 Å². The fraction of sp³-hybridized carbons (Fsp3) is 0.263. The smallest absolute Gasteiger partial charge is 0.263 e. The Kier molecular flexibility index (Phi) is 4.31. The molecule has 2 aromatic rings. The first kappa shape index (κ1) is 17.5. The number of hydrogen-bond acceptors (Lipinski definition) is 6. The fourth-order valence-electron chi connectivity index (χ4n) is 3.40. The Bertz CT molecular complexity index is 962. The molecule has 0 spiro atoms. The van der Waals surface area contributed by atoms with Gasteiger partial charge in [0.15, 0.2) is 12.1 Å². The van der Waals surface area contributed by atoms with Crippen molar-refractivity contribution < 1.29 is 14.3 Å². The average Bonchev–Trinajstić information content (AvgIpc) is 3.15. The van der Waals surface area contributed by atoms with E-state index >= 15 is 0 Å². The third-order valence-corrected chi connectivity index (χ3v) is 4.97. The summed E-state index contributed by atoms with van der Waals surface area (Å²) >= 11 is 6.15. The number of amides is 2. The predicted molar refractivity (Wildman–Crippen MR) is 99.7 cm³/mol. The highest BCUT2D eigenvalue weighted by molar-refractivity contribution is 6.33. The summed E-state index contributed by atoms with van der Waals surface area (Å²) in [5.41, 5.74) is 2.51. The van der Waals surface area contributed by atoms with Gasteiger partial charge in [0.25, 0.3) is 11.8 Å². The molecule has 2 aliphatic heterocycles. The number of ether oxygens (including phenoxy) is 1. The van der Waals surface area contributed by atoms with E-state index in [2.05, 4.69) is 10.3 Å². The normalized spacial score (nSPS) is 21.1. The number of hydrogen-bond donors (Lipinski definition) is 0. The molecule has 2 heterocycles. The molecule has 8 heteroatoms. The van der Waals surface area contributed by atoms with Gasteiger partial charge in [0.1, 0.15) is 5.75 Å². The Morgan fingerprint density at radius 3 is 2.67 bits per heavy atom. The van der Waals surface area contributed by atoms with E-state index in [0.717, 1.165) is 16.0 Å². The highest BCUT2D eigenvalue weighted by Gasteiger charge is 2.54. The summed E-state index contributed by atoms with van der Waals surface area (Å²) in [6.45, 7) is 2.40. The Labute approximate surface area is 161 Å². The van der Waals surface area contributed by atoms with Crippen LogP contribution in [0.1, 0.15) is 11.1 Å². The minimum Gasteiger partial charge on any atom is -0.495 e. The topological polar surface area (TPSA) is 74.6 Å². The molecule has 2 atom stereocenters. The third-order valence-electron chi connectivity index (χ3n) is 4.68. The highest BCUT2D eigenvalue weighted by Crippen LogP contribution is 2.35. The molecule has 0 unspecified atom stereocenters. The maximum Gasteiger partial charge on any atom is 0.263 e. The van der Waals surface area contributed by atoms with Gasteiger partial charge in [-0.2, -0.15) is 5.11 Å². The Morgan fingerprint density at radius 2 is 1.96 bits per heavy atom. The van der Waals surface area contributed by atoms with Crippen LogP contribution in [0.15, 0.2) is 52.8 Å². The summed E-state index contributed by atoms with van der Waals surface area (Å²) in [7, 11) is 1.50. The minimum atomic E-state index is -0.830. The van der Waals surface area contributed by atoms with Crippen LogP contribution >= 0.6 is 11.6 Å². The second-order valence-corrected chi connectivity index (χ2v) is 6.92. The second-order valence-electron chi connectivity index (χ2n) is 6.51. The van der Waals surface area contributed by atoms with Crippen molar-refractivity contribution in [3.8, 4) is 5.75 Å². The SMILES string of the molecule is COc1ccc(N2C(=O)[C@@H]3N=NN(Cc4cccc(C)c4)[C@H]3C2=O)cc1Cl. The first-order valence-corrected chi connectivity index (χ1v) is 8.81. The third kappa shape index (κ3) is 2.94. The molecule has 4 rings (SSSR count). The lowest BCUT2D eigenvalue weighted by atomic mass is 10.1. The van der Waals surface area contributed by atoms with Gasteiger partial charge >= 0.3 is 0 Å². The van der Waals surface area contributed by atoms with E-state index in [-0.39, 0.29) is 5.91 Å². The van der Waals surface area contributed by atoms with Gasteiger partial charge in [0.05, 0.1) is 24.4 Å². The molecule has 138 valence electrons. The predicted octanol–water partition coefficient (Wildman–Crippen LogP) is 3.15. The molecule has 0 bridgehead atoms. The summed E-state index contributed by atoms with van der Waals surface area (Å²) < 4.78 is 5.12. The molecule has 27 heavy (non-hydrogen) atoms. The van der Waals surface area contributed by atoms with Crippen molar-refractivity contribution in [2.75, 3.05) is 12.0 Å². The Hall–Kier alpha value is -2.93. The van der Waals surface area contributed by atoms with Crippen molar-refractivity contribution >= 4 is 29.1 Å². The molecule has 0 radical (unpaired) electrons. The van der Waals surface area contributed by atoms with E-state index < -0.39 is 18.0 Å². The molecule has 0 saturated carbocycles. The van der Waals surface area contributed by atoms with Crippen LogP contribution in [0, 0.1) is 6.92 Å². The number of anilines is 1. The molecule has 7 nitrogen and oxygen atoms in total. The fourth-order valence-corrected chi connectivity index (χ4v) is 3.65.